The highest BCUT2D eigenvalue weighted by molar-refractivity contribution is 9.09. The normalized spacial score (nSPS) is 28.3. The number of allylic oxidation sites excluding steroid dienone is 1. The number of nitrogens with zero attached hydrogens (tertiary/aromatic N) is 2. The molecule has 10 nitrogen and oxygen atoms in total. The van der Waals surface area contributed by atoms with Gasteiger partial charge in [-0.2, -0.15) is 0 Å². The largest absolute Gasteiger partial charge is 0.460 e. The fraction of sp³-hybridized carbons (Fsp3) is 0.576. The number of likely N-dealkylation sites (tertiary alicyclic amines) is 1. The van der Waals surface area contributed by atoms with Crippen molar-refractivity contribution in [3.05, 3.63) is 54.6 Å². The molecule has 1 aromatic carbocycles. The number of hydrogen-bond acceptors (Lipinski definition) is 7. The number of nitrogens with one attached hydrogen (secondary N) is 1. The smallest absolute Gasteiger partial charge is 0.312 e. The Balaban J connectivity index is 1.70. The molecule has 4 rings (SSSR count). The van der Waals surface area contributed by atoms with Gasteiger partial charge in [-0.1, -0.05) is 53.2 Å². The van der Waals surface area contributed by atoms with Gasteiger partial charge in [0.2, 0.25) is 11.8 Å². The summed E-state index contributed by atoms with van der Waals surface area (Å²) in [6.07, 6.45) is 3.50. The molecule has 2 bridgehead atoms. The average Bonchev–Trinajstić information content (AvgIpc) is 3.58. The number of ether oxygens (including phenoxy) is 2. The van der Waals surface area contributed by atoms with E-state index in [9.17, 15) is 24.3 Å². The zero-order chi connectivity index (χ0) is 32.3. The maximum absolute atomic E-state index is 14.8. The maximum Gasteiger partial charge on any atom is 0.312 e. The number of benzene rings is 1. The second-order valence-electron chi connectivity index (χ2n) is 12.0. The number of alkyl halides is 1. The van der Waals surface area contributed by atoms with Gasteiger partial charge in [0, 0.05) is 23.5 Å². The Kier molecular flexibility index (Phi) is 10.7. The lowest BCUT2D eigenvalue weighted by molar-refractivity contribution is -0.159. The van der Waals surface area contributed by atoms with Crippen LogP contribution in [0.25, 0.3) is 0 Å². The highest BCUT2D eigenvalue weighted by Crippen LogP contribution is 2.61. The van der Waals surface area contributed by atoms with Crippen LogP contribution < -0.4 is 10.2 Å². The molecule has 3 heterocycles. The molecule has 8 atom stereocenters. The summed E-state index contributed by atoms with van der Waals surface area (Å²) in [5, 5.41) is 13.1. The number of aliphatic hydroxyl groups is 1. The Morgan fingerprint density at radius 1 is 1.27 bits per heavy atom. The Morgan fingerprint density at radius 2 is 1.95 bits per heavy atom. The van der Waals surface area contributed by atoms with Crippen LogP contribution in [0.2, 0.25) is 0 Å². The van der Waals surface area contributed by atoms with Crippen molar-refractivity contribution >= 4 is 45.3 Å². The van der Waals surface area contributed by atoms with E-state index in [1.807, 2.05) is 39.0 Å². The van der Waals surface area contributed by atoms with Gasteiger partial charge in [-0.25, -0.2) is 0 Å². The minimum Gasteiger partial charge on any atom is -0.460 e. The molecule has 0 saturated carbocycles. The molecule has 11 heteroatoms. The van der Waals surface area contributed by atoms with E-state index in [0.29, 0.717) is 19.3 Å². The third kappa shape index (κ3) is 5.98. The van der Waals surface area contributed by atoms with Crippen molar-refractivity contribution in [1.29, 1.82) is 0 Å². The topological polar surface area (TPSA) is 125 Å². The Labute approximate surface area is 267 Å². The summed E-state index contributed by atoms with van der Waals surface area (Å²) >= 11 is 3.68. The van der Waals surface area contributed by atoms with E-state index in [-0.39, 0.29) is 42.8 Å². The van der Waals surface area contributed by atoms with Crippen LogP contribution in [-0.2, 0) is 28.7 Å². The number of fused-ring (bicyclic) bond motifs is 1. The van der Waals surface area contributed by atoms with Crippen molar-refractivity contribution in [3.63, 3.8) is 0 Å². The van der Waals surface area contributed by atoms with Crippen molar-refractivity contribution in [2.45, 2.75) is 88.1 Å². The van der Waals surface area contributed by atoms with E-state index in [1.54, 1.807) is 24.0 Å². The molecule has 0 aliphatic carbocycles. The minimum atomic E-state index is -1.31. The fourth-order valence-corrected chi connectivity index (χ4v) is 8.06. The standard InChI is InChI=1S/C33H44BrN3O7/c1-7-10-14-24(39)35-17-21(6)43-32(42)25-26-30(40)37(22(9-3)18-38)29(33(26)16-23(34)28(25)44-33)31(41)36(15-8-2)27-19(4)12-11-13-20(27)5/h7-8,11-13,21-23,25-26,28-29,38H,1-2,9-10,14-18H2,3-6H3,(H,35,39)/t21-,22-,23?,25-,26+,28-,29-,33+/m0/s1. The zero-order valence-electron chi connectivity index (χ0n) is 26.0. The summed E-state index contributed by atoms with van der Waals surface area (Å²) in [4.78, 5) is 57.8. The summed E-state index contributed by atoms with van der Waals surface area (Å²) < 4.78 is 12.4. The number of halogens is 1. The van der Waals surface area contributed by atoms with Crippen molar-refractivity contribution < 1.29 is 33.8 Å². The summed E-state index contributed by atoms with van der Waals surface area (Å²) in [7, 11) is 0. The molecular weight excluding hydrogens is 630 g/mol. The summed E-state index contributed by atoms with van der Waals surface area (Å²) in [5.41, 5.74) is 1.20. The molecule has 0 aromatic heterocycles. The number of carbonyl (C=O) groups excluding carboxylic acids is 4. The van der Waals surface area contributed by atoms with Gasteiger partial charge in [0.05, 0.1) is 37.1 Å². The Bertz CT molecular complexity index is 1280. The van der Waals surface area contributed by atoms with Gasteiger partial charge in [0.25, 0.3) is 5.91 Å². The SMILES string of the molecule is C=CCCC(=O)NC[C@H](C)OC(=O)[C@@H]1[C@H]2O[C@@]3(CC2Br)[C@H](C(=O)N(CC=C)c2c(C)cccc2C)N([C@@H](CC)CO)C(=O)[C@@H]13. The molecule has 3 fully saturated rings. The number of anilines is 1. The van der Waals surface area contributed by atoms with E-state index >= 15 is 0 Å². The van der Waals surface area contributed by atoms with Gasteiger partial charge in [-0.3, -0.25) is 19.2 Å². The summed E-state index contributed by atoms with van der Waals surface area (Å²) in [6.45, 7) is 14.8. The van der Waals surface area contributed by atoms with Crippen LogP contribution in [0.1, 0.15) is 50.7 Å². The molecule has 44 heavy (non-hydrogen) atoms. The zero-order valence-corrected chi connectivity index (χ0v) is 27.5. The predicted octanol–water partition coefficient (Wildman–Crippen LogP) is 3.36. The molecule has 0 radical (unpaired) electrons. The molecule has 1 spiro atoms. The van der Waals surface area contributed by atoms with Gasteiger partial charge in [-0.15, -0.1) is 13.2 Å². The molecular formula is C33H44BrN3O7. The first-order chi connectivity index (χ1) is 21.0. The minimum absolute atomic E-state index is 0.114. The first-order valence-electron chi connectivity index (χ1n) is 15.3. The highest BCUT2D eigenvalue weighted by Gasteiger charge is 2.77. The van der Waals surface area contributed by atoms with E-state index in [1.165, 1.54) is 4.90 Å². The van der Waals surface area contributed by atoms with Crippen molar-refractivity contribution in [2.75, 3.05) is 24.6 Å². The van der Waals surface area contributed by atoms with Crippen molar-refractivity contribution in [2.24, 2.45) is 11.8 Å². The predicted molar refractivity (Wildman–Crippen MR) is 170 cm³/mol. The summed E-state index contributed by atoms with van der Waals surface area (Å²) in [6, 6.07) is 4.03. The van der Waals surface area contributed by atoms with Crippen molar-refractivity contribution in [3.8, 4) is 0 Å². The molecule has 3 aliphatic heterocycles. The lowest BCUT2D eigenvalue weighted by atomic mass is 9.70. The van der Waals surface area contributed by atoms with E-state index in [4.69, 9.17) is 9.47 Å². The molecule has 2 N–H and O–H groups in total. The number of hydrogen-bond donors (Lipinski definition) is 2. The van der Waals surface area contributed by atoms with Gasteiger partial charge in [-0.05, 0) is 51.2 Å². The number of aryl methyl sites for hydroxylation is 2. The third-order valence-electron chi connectivity index (χ3n) is 9.08. The molecule has 3 aliphatic rings. The average molecular weight is 675 g/mol. The van der Waals surface area contributed by atoms with E-state index < -0.39 is 53.6 Å². The molecule has 1 aromatic rings. The van der Waals surface area contributed by atoms with Crippen LogP contribution in [0.15, 0.2) is 43.5 Å². The first kappa shape index (κ1) is 33.9. The number of aliphatic hydroxyl groups excluding tert-OH is 1. The lowest BCUT2D eigenvalue weighted by Crippen LogP contribution is -2.59. The van der Waals surface area contributed by atoms with Crippen LogP contribution >= 0.6 is 15.9 Å². The second-order valence-corrected chi connectivity index (χ2v) is 13.2. The Hall–Kier alpha value is -3.02. The third-order valence-corrected chi connectivity index (χ3v) is 9.92. The number of carbonyl (C=O) groups is 4. The molecule has 3 saturated heterocycles. The highest BCUT2D eigenvalue weighted by atomic mass is 79.9. The van der Waals surface area contributed by atoms with Gasteiger partial charge < -0.3 is 29.7 Å². The van der Waals surface area contributed by atoms with Gasteiger partial charge in [0.15, 0.2) is 0 Å². The molecule has 240 valence electrons. The van der Waals surface area contributed by atoms with Crippen LogP contribution in [0.4, 0.5) is 5.69 Å². The number of amides is 3. The quantitative estimate of drug-likeness (QED) is 0.176. The monoisotopic (exact) mass is 673 g/mol. The van der Waals surface area contributed by atoms with Gasteiger partial charge in [0.1, 0.15) is 17.7 Å². The van der Waals surface area contributed by atoms with Crippen LogP contribution in [0, 0.1) is 25.7 Å². The summed E-state index contributed by atoms with van der Waals surface area (Å²) in [5.74, 6) is -3.49. The van der Waals surface area contributed by atoms with Crippen molar-refractivity contribution in [1.82, 2.24) is 10.2 Å². The van der Waals surface area contributed by atoms with E-state index in [2.05, 4.69) is 34.4 Å². The maximum atomic E-state index is 14.8. The molecule has 3 amide bonds. The number of rotatable bonds is 14. The number of para-hydroxylation sites is 1. The number of esters is 1. The van der Waals surface area contributed by atoms with E-state index in [0.717, 1.165) is 16.8 Å². The molecule has 1 unspecified atom stereocenters. The second kappa shape index (κ2) is 14.0. The van der Waals surface area contributed by atoms with Gasteiger partial charge >= 0.3 is 5.97 Å². The Morgan fingerprint density at radius 3 is 2.55 bits per heavy atom. The van der Waals surface area contributed by atoms with Crippen LogP contribution in [-0.4, -0.2) is 88.1 Å². The van der Waals surface area contributed by atoms with Crippen LogP contribution in [0.3, 0.4) is 0 Å². The lowest BCUT2D eigenvalue weighted by Gasteiger charge is -2.39. The van der Waals surface area contributed by atoms with Crippen LogP contribution in [0.5, 0.6) is 0 Å². The first-order valence-corrected chi connectivity index (χ1v) is 16.2. The fourth-order valence-electron chi connectivity index (χ4n) is 7.12.